The van der Waals surface area contributed by atoms with Crippen LogP contribution in [0, 0.1) is 17.0 Å². The van der Waals surface area contributed by atoms with Crippen molar-refractivity contribution in [2.75, 3.05) is 10.6 Å². The largest absolute Gasteiger partial charge is 0.489 e. The Balaban J connectivity index is 1.44. The molecule has 4 aromatic rings. The molecule has 2 aromatic carbocycles. The Labute approximate surface area is 205 Å². The number of carbonyl (C=O) groups excluding carboxylic acids is 2. The zero-order chi connectivity index (χ0) is 25.8. The van der Waals surface area contributed by atoms with Crippen LogP contribution in [0.15, 0.2) is 60.9 Å². The number of hydrogen-bond donors (Lipinski definition) is 2. The standard InChI is InChI=1S/C24H23N7O5/c1-15-20(12-25-29(15)2)27-24(33)22-21(13-26-30(22)3)28-23(32)17-6-4-5-16(11-17)14-36-19-9-7-18(8-10-19)31(34)35/h4-13H,14H2,1-3H3,(H,27,33)(H,28,32). The first-order valence-electron chi connectivity index (χ1n) is 10.8. The molecule has 184 valence electrons. The van der Waals surface area contributed by atoms with Crippen LogP contribution in [0.4, 0.5) is 17.1 Å². The molecule has 36 heavy (non-hydrogen) atoms. The normalized spacial score (nSPS) is 10.6. The van der Waals surface area contributed by atoms with Gasteiger partial charge in [0.2, 0.25) is 0 Å². The van der Waals surface area contributed by atoms with E-state index in [1.165, 1.54) is 35.1 Å². The smallest absolute Gasteiger partial charge is 0.276 e. The molecule has 2 heterocycles. The SMILES string of the molecule is Cc1c(NC(=O)c2c(NC(=O)c3cccc(COc4ccc([N+](=O)[O-])cc4)c3)cnn2C)cnn1C. The molecule has 0 aliphatic heterocycles. The lowest BCUT2D eigenvalue weighted by Crippen LogP contribution is -2.20. The lowest BCUT2D eigenvalue weighted by atomic mass is 10.1. The van der Waals surface area contributed by atoms with Gasteiger partial charge < -0.3 is 15.4 Å². The van der Waals surface area contributed by atoms with Crippen LogP contribution in [0.5, 0.6) is 5.75 Å². The molecule has 0 saturated carbocycles. The molecule has 0 fully saturated rings. The summed E-state index contributed by atoms with van der Waals surface area (Å²) < 4.78 is 8.69. The van der Waals surface area contributed by atoms with Crippen molar-refractivity contribution in [1.82, 2.24) is 19.6 Å². The van der Waals surface area contributed by atoms with Crippen molar-refractivity contribution in [2.24, 2.45) is 14.1 Å². The van der Waals surface area contributed by atoms with Gasteiger partial charge in [-0.1, -0.05) is 12.1 Å². The summed E-state index contributed by atoms with van der Waals surface area (Å²) >= 11 is 0. The molecule has 0 aliphatic rings. The minimum absolute atomic E-state index is 0.0277. The van der Waals surface area contributed by atoms with Gasteiger partial charge in [-0.05, 0) is 36.8 Å². The number of nitro benzene ring substituents is 1. The van der Waals surface area contributed by atoms with Gasteiger partial charge in [0.05, 0.1) is 34.4 Å². The monoisotopic (exact) mass is 489 g/mol. The molecule has 2 N–H and O–H groups in total. The molecule has 0 atom stereocenters. The van der Waals surface area contributed by atoms with E-state index in [2.05, 4.69) is 20.8 Å². The second-order valence-electron chi connectivity index (χ2n) is 7.95. The highest BCUT2D eigenvalue weighted by Gasteiger charge is 2.21. The van der Waals surface area contributed by atoms with E-state index in [0.29, 0.717) is 17.0 Å². The molecule has 0 radical (unpaired) electrons. The molecule has 0 bridgehead atoms. The number of nitrogens with one attached hydrogen (secondary N) is 2. The number of non-ortho nitro benzene ring substituents is 1. The third kappa shape index (κ3) is 5.22. The maximum atomic E-state index is 12.9. The van der Waals surface area contributed by atoms with Crippen LogP contribution in [0.25, 0.3) is 0 Å². The van der Waals surface area contributed by atoms with Crippen LogP contribution in [0.1, 0.15) is 32.1 Å². The summed E-state index contributed by atoms with van der Waals surface area (Å²) in [6, 6.07) is 12.5. The highest BCUT2D eigenvalue weighted by molar-refractivity contribution is 6.11. The van der Waals surface area contributed by atoms with Gasteiger partial charge in [0, 0.05) is 31.8 Å². The molecule has 0 saturated heterocycles. The van der Waals surface area contributed by atoms with Crippen molar-refractivity contribution < 1.29 is 19.2 Å². The maximum absolute atomic E-state index is 12.9. The first-order valence-corrected chi connectivity index (χ1v) is 10.8. The van der Waals surface area contributed by atoms with Crippen molar-refractivity contribution in [3.63, 3.8) is 0 Å². The van der Waals surface area contributed by atoms with Crippen molar-refractivity contribution in [2.45, 2.75) is 13.5 Å². The number of aryl methyl sites for hydroxylation is 2. The molecule has 2 aromatic heterocycles. The topological polar surface area (TPSA) is 146 Å². The first-order chi connectivity index (χ1) is 17.2. The number of amides is 2. The summed E-state index contributed by atoms with van der Waals surface area (Å²) in [4.78, 5) is 36.2. The van der Waals surface area contributed by atoms with Crippen LogP contribution in [0.2, 0.25) is 0 Å². The van der Waals surface area contributed by atoms with E-state index >= 15 is 0 Å². The summed E-state index contributed by atoms with van der Waals surface area (Å²) in [6.07, 6.45) is 2.95. The molecular formula is C24H23N7O5. The lowest BCUT2D eigenvalue weighted by Gasteiger charge is -2.10. The summed E-state index contributed by atoms with van der Waals surface area (Å²) in [7, 11) is 3.38. The van der Waals surface area contributed by atoms with Crippen LogP contribution < -0.4 is 15.4 Å². The van der Waals surface area contributed by atoms with E-state index in [0.717, 1.165) is 11.3 Å². The predicted molar refractivity (Wildman–Crippen MR) is 131 cm³/mol. The fraction of sp³-hybridized carbons (Fsp3) is 0.167. The van der Waals surface area contributed by atoms with E-state index in [4.69, 9.17) is 4.74 Å². The molecule has 12 heteroatoms. The lowest BCUT2D eigenvalue weighted by molar-refractivity contribution is -0.384. The number of nitrogens with zero attached hydrogens (tertiary/aromatic N) is 5. The van der Waals surface area contributed by atoms with Crippen molar-refractivity contribution in [1.29, 1.82) is 0 Å². The second-order valence-corrected chi connectivity index (χ2v) is 7.95. The zero-order valence-electron chi connectivity index (χ0n) is 19.8. The van der Waals surface area contributed by atoms with Gasteiger partial charge in [0.25, 0.3) is 17.5 Å². The number of nitro groups is 1. The Morgan fingerprint density at radius 3 is 2.31 bits per heavy atom. The highest BCUT2D eigenvalue weighted by atomic mass is 16.6. The molecule has 2 amide bonds. The number of carbonyl (C=O) groups is 2. The Kier molecular flexibility index (Phi) is 6.77. The second kappa shape index (κ2) is 10.1. The average molecular weight is 489 g/mol. The minimum atomic E-state index is -0.483. The Hall–Kier alpha value is -5.00. The fourth-order valence-electron chi connectivity index (χ4n) is 3.43. The minimum Gasteiger partial charge on any atom is -0.489 e. The summed E-state index contributed by atoms with van der Waals surface area (Å²) in [5.74, 6) is -0.399. The van der Waals surface area contributed by atoms with Crippen LogP contribution >= 0.6 is 0 Å². The molecular weight excluding hydrogens is 466 g/mol. The molecule has 4 rings (SSSR count). The quantitative estimate of drug-likeness (QED) is 0.285. The number of ether oxygens (including phenoxy) is 1. The van der Waals surface area contributed by atoms with E-state index in [9.17, 15) is 19.7 Å². The number of aromatic nitrogens is 4. The Bertz CT molecular complexity index is 1440. The van der Waals surface area contributed by atoms with Gasteiger partial charge in [-0.3, -0.25) is 29.1 Å². The Morgan fingerprint density at radius 1 is 0.972 bits per heavy atom. The van der Waals surface area contributed by atoms with Crippen LogP contribution in [-0.4, -0.2) is 36.3 Å². The summed E-state index contributed by atoms with van der Waals surface area (Å²) in [6.45, 7) is 1.98. The molecule has 0 spiro atoms. The average Bonchev–Trinajstić information content (AvgIpc) is 3.39. The van der Waals surface area contributed by atoms with Gasteiger partial charge in [-0.25, -0.2) is 0 Å². The number of hydrogen-bond acceptors (Lipinski definition) is 7. The third-order valence-corrected chi connectivity index (χ3v) is 5.53. The van der Waals surface area contributed by atoms with Gasteiger partial charge in [0.1, 0.15) is 18.1 Å². The third-order valence-electron chi connectivity index (χ3n) is 5.53. The van der Waals surface area contributed by atoms with Crippen molar-refractivity contribution in [3.8, 4) is 5.75 Å². The first kappa shape index (κ1) is 24.1. The van der Waals surface area contributed by atoms with Gasteiger partial charge in [0.15, 0.2) is 0 Å². The number of rotatable bonds is 8. The number of benzene rings is 2. The van der Waals surface area contributed by atoms with Crippen LogP contribution in [-0.2, 0) is 20.7 Å². The Morgan fingerprint density at radius 2 is 1.64 bits per heavy atom. The zero-order valence-corrected chi connectivity index (χ0v) is 19.8. The number of anilines is 2. The van der Waals surface area contributed by atoms with Crippen molar-refractivity contribution >= 4 is 28.9 Å². The maximum Gasteiger partial charge on any atom is 0.276 e. The summed E-state index contributed by atoms with van der Waals surface area (Å²) in [5, 5.41) is 24.5. The van der Waals surface area contributed by atoms with Crippen LogP contribution in [0.3, 0.4) is 0 Å². The van der Waals surface area contributed by atoms with Gasteiger partial charge in [-0.15, -0.1) is 0 Å². The van der Waals surface area contributed by atoms with E-state index in [1.54, 1.807) is 49.2 Å². The van der Waals surface area contributed by atoms with Gasteiger partial charge >= 0.3 is 0 Å². The van der Waals surface area contributed by atoms with Gasteiger partial charge in [-0.2, -0.15) is 10.2 Å². The predicted octanol–water partition coefficient (Wildman–Crippen LogP) is 3.45. The molecule has 0 aliphatic carbocycles. The molecule has 12 nitrogen and oxygen atoms in total. The van der Waals surface area contributed by atoms with E-state index in [-0.39, 0.29) is 23.7 Å². The van der Waals surface area contributed by atoms with E-state index in [1.807, 2.05) is 6.92 Å². The van der Waals surface area contributed by atoms with Crippen molar-refractivity contribution in [3.05, 3.63) is 93.6 Å². The van der Waals surface area contributed by atoms with E-state index < -0.39 is 16.7 Å². The highest BCUT2D eigenvalue weighted by Crippen LogP contribution is 2.21. The molecule has 0 unspecified atom stereocenters. The fourth-order valence-corrected chi connectivity index (χ4v) is 3.43. The summed E-state index contributed by atoms with van der Waals surface area (Å²) in [5.41, 5.74) is 2.83.